The molecule has 1 rings (SSSR count). The summed E-state index contributed by atoms with van der Waals surface area (Å²) in [5.41, 5.74) is 0.331. The predicted molar refractivity (Wildman–Crippen MR) is 67.2 cm³/mol. The average molecular weight is 206 g/mol. The van der Waals surface area contributed by atoms with Gasteiger partial charge in [-0.15, -0.1) is 39.5 Å². The van der Waals surface area contributed by atoms with Gasteiger partial charge in [0.2, 0.25) is 0 Å². The standard InChI is InChI=1S/C7H6O2.3C2H4/c8-7(9)6-4-2-1-3-5-6;3*1-2/h1-5H,(H,8,9);3*1-2H2. The Hall–Kier alpha value is -2.09. The Morgan fingerprint density at radius 2 is 1.20 bits per heavy atom. The molecule has 0 radical (unpaired) electrons. The third-order valence-corrected chi connectivity index (χ3v) is 1.02. The van der Waals surface area contributed by atoms with Gasteiger partial charge in [0.05, 0.1) is 5.56 Å². The monoisotopic (exact) mass is 206 g/mol. The molecule has 0 spiro atoms. The number of hydrogen-bond acceptors (Lipinski definition) is 1. The predicted octanol–water partition coefficient (Wildman–Crippen LogP) is 3.79. The molecule has 0 unspecified atom stereocenters. The van der Waals surface area contributed by atoms with Gasteiger partial charge in [0.25, 0.3) is 0 Å². The number of carboxylic acids is 1. The van der Waals surface area contributed by atoms with Crippen LogP contribution in [0.4, 0.5) is 0 Å². The first-order valence-electron chi connectivity index (χ1n) is 4.09. The largest absolute Gasteiger partial charge is 0.478 e. The fraction of sp³-hybridized carbons (Fsp3) is 0. The van der Waals surface area contributed by atoms with Crippen LogP contribution in [0.25, 0.3) is 0 Å². The van der Waals surface area contributed by atoms with E-state index in [2.05, 4.69) is 39.5 Å². The van der Waals surface area contributed by atoms with Gasteiger partial charge >= 0.3 is 5.97 Å². The summed E-state index contributed by atoms with van der Waals surface area (Å²) in [6, 6.07) is 8.30. The van der Waals surface area contributed by atoms with Gasteiger partial charge in [-0.1, -0.05) is 18.2 Å². The Morgan fingerprint density at radius 3 is 1.40 bits per heavy atom. The Kier molecular flexibility index (Phi) is 22.2. The lowest BCUT2D eigenvalue weighted by Crippen LogP contribution is -1.93. The van der Waals surface area contributed by atoms with Crippen molar-refractivity contribution in [2.24, 2.45) is 0 Å². The molecule has 0 atom stereocenters. The molecule has 2 nitrogen and oxygen atoms in total. The van der Waals surface area contributed by atoms with E-state index in [0.29, 0.717) is 5.56 Å². The molecule has 0 heterocycles. The smallest absolute Gasteiger partial charge is 0.335 e. The molecule has 0 fully saturated rings. The van der Waals surface area contributed by atoms with Crippen molar-refractivity contribution >= 4 is 5.97 Å². The van der Waals surface area contributed by atoms with Crippen LogP contribution in [0.1, 0.15) is 10.4 Å². The van der Waals surface area contributed by atoms with Gasteiger partial charge in [0, 0.05) is 0 Å². The third kappa shape index (κ3) is 11.9. The highest BCUT2D eigenvalue weighted by Gasteiger charge is 1.96. The Labute approximate surface area is 91.9 Å². The van der Waals surface area contributed by atoms with Gasteiger partial charge in [-0.25, -0.2) is 4.79 Å². The van der Waals surface area contributed by atoms with Crippen molar-refractivity contribution in [1.82, 2.24) is 0 Å². The number of carbonyl (C=O) groups is 1. The Balaban J connectivity index is -0.000000208. The van der Waals surface area contributed by atoms with Gasteiger partial charge in [-0.2, -0.15) is 0 Å². The minimum atomic E-state index is -0.879. The first-order chi connectivity index (χ1) is 7.30. The second-order valence-corrected chi connectivity index (χ2v) is 1.67. The average Bonchev–Trinajstić information content (AvgIpc) is 2.38. The molecule has 0 aliphatic carbocycles. The van der Waals surface area contributed by atoms with E-state index in [4.69, 9.17) is 5.11 Å². The van der Waals surface area contributed by atoms with E-state index < -0.39 is 5.97 Å². The molecular formula is C13H18O2. The molecule has 0 amide bonds. The summed E-state index contributed by atoms with van der Waals surface area (Å²) in [4.78, 5) is 10.2. The number of benzene rings is 1. The maximum Gasteiger partial charge on any atom is 0.335 e. The molecule has 15 heavy (non-hydrogen) atoms. The van der Waals surface area contributed by atoms with Crippen molar-refractivity contribution in [3.63, 3.8) is 0 Å². The number of aromatic carboxylic acids is 1. The van der Waals surface area contributed by atoms with E-state index >= 15 is 0 Å². The first kappa shape index (κ1) is 18.6. The molecule has 0 aliphatic rings. The van der Waals surface area contributed by atoms with E-state index in [0.717, 1.165) is 0 Å². The first-order valence-corrected chi connectivity index (χ1v) is 4.09. The summed E-state index contributed by atoms with van der Waals surface area (Å²) >= 11 is 0. The highest BCUT2D eigenvalue weighted by Crippen LogP contribution is 1.96. The molecule has 2 heteroatoms. The minimum absolute atomic E-state index is 0.331. The summed E-state index contributed by atoms with van der Waals surface area (Å²) in [6.07, 6.45) is 0. The lowest BCUT2D eigenvalue weighted by atomic mass is 10.2. The minimum Gasteiger partial charge on any atom is -0.478 e. The molecule has 1 aromatic carbocycles. The summed E-state index contributed by atoms with van der Waals surface area (Å²) in [5, 5.41) is 8.38. The van der Waals surface area contributed by atoms with Crippen LogP contribution in [0, 0.1) is 0 Å². The fourth-order valence-corrected chi connectivity index (χ4v) is 0.581. The summed E-state index contributed by atoms with van der Waals surface area (Å²) in [5.74, 6) is -0.879. The van der Waals surface area contributed by atoms with Gasteiger partial charge in [-0.05, 0) is 12.1 Å². The lowest BCUT2D eigenvalue weighted by Gasteiger charge is -1.88. The maximum atomic E-state index is 10.2. The second kappa shape index (κ2) is 17.9. The van der Waals surface area contributed by atoms with Crippen molar-refractivity contribution in [2.45, 2.75) is 0 Å². The molecule has 0 bridgehead atoms. The molecular weight excluding hydrogens is 188 g/mol. The zero-order valence-electron chi connectivity index (χ0n) is 8.98. The van der Waals surface area contributed by atoms with Crippen LogP contribution in [0.15, 0.2) is 69.8 Å². The van der Waals surface area contributed by atoms with E-state index in [1.807, 2.05) is 0 Å². The third-order valence-electron chi connectivity index (χ3n) is 1.02. The highest BCUT2D eigenvalue weighted by atomic mass is 16.4. The Bertz CT molecular complexity index is 237. The Morgan fingerprint density at radius 1 is 0.867 bits per heavy atom. The van der Waals surface area contributed by atoms with Gasteiger partial charge < -0.3 is 5.11 Å². The lowest BCUT2D eigenvalue weighted by molar-refractivity contribution is 0.0697. The van der Waals surface area contributed by atoms with Crippen molar-refractivity contribution < 1.29 is 9.90 Å². The van der Waals surface area contributed by atoms with Crippen LogP contribution in [0.2, 0.25) is 0 Å². The van der Waals surface area contributed by atoms with Gasteiger partial charge in [0.1, 0.15) is 0 Å². The van der Waals surface area contributed by atoms with Crippen LogP contribution in [-0.2, 0) is 0 Å². The highest BCUT2D eigenvalue weighted by molar-refractivity contribution is 5.87. The summed E-state index contributed by atoms with van der Waals surface area (Å²) < 4.78 is 0. The van der Waals surface area contributed by atoms with Crippen molar-refractivity contribution in [1.29, 1.82) is 0 Å². The zero-order valence-corrected chi connectivity index (χ0v) is 8.98. The molecule has 0 aliphatic heterocycles. The molecule has 82 valence electrons. The van der Waals surface area contributed by atoms with Crippen LogP contribution >= 0.6 is 0 Å². The molecule has 0 aromatic heterocycles. The number of hydrogen-bond donors (Lipinski definition) is 1. The van der Waals surface area contributed by atoms with Crippen LogP contribution < -0.4 is 0 Å². The fourth-order valence-electron chi connectivity index (χ4n) is 0.581. The van der Waals surface area contributed by atoms with E-state index in [-0.39, 0.29) is 0 Å². The SMILES string of the molecule is C=C.C=C.C=C.O=C(O)c1ccccc1. The topological polar surface area (TPSA) is 37.3 Å². The zero-order chi connectivity index (χ0) is 12.7. The summed E-state index contributed by atoms with van der Waals surface area (Å²) in [7, 11) is 0. The van der Waals surface area contributed by atoms with Crippen molar-refractivity contribution in [3.8, 4) is 0 Å². The quantitative estimate of drug-likeness (QED) is 0.710. The maximum absolute atomic E-state index is 10.2. The van der Waals surface area contributed by atoms with Gasteiger partial charge in [-0.3, -0.25) is 0 Å². The van der Waals surface area contributed by atoms with Crippen LogP contribution in [0.3, 0.4) is 0 Å². The van der Waals surface area contributed by atoms with E-state index in [9.17, 15) is 4.79 Å². The van der Waals surface area contributed by atoms with Gasteiger partial charge in [0.15, 0.2) is 0 Å². The number of rotatable bonds is 1. The molecule has 0 saturated heterocycles. The molecule has 1 N–H and O–H groups in total. The van der Waals surface area contributed by atoms with Crippen molar-refractivity contribution in [2.75, 3.05) is 0 Å². The number of carboxylic acid groups (broad SMARTS) is 1. The van der Waals surface area contributed by atoms with E-state index in [1.54, 1.807) is 30.3 Å². The van der Waals surface area contributed by atoms with Crippen molar-refractivity contribution in [3.05, 3.63) is 75.4 Å². The van der Waals surface area contributed by atoms with Crippen LogP contribution in [-0.4, -0.2) is 11.1 Å². The summed E-state index contributed by atoms with van der Waals surface area (Å²) in [6.45, 7) is 18.0. The molecule has 1 aromatic rings. The normalized spacial score (nSPS) is 6.13. The van der Waals surface area contributed by atoms with Crippen LogP contribution in [0.5, 0.6) is 0 Å². The molecule has 0 saturated carbocycles. The second-order valence-electron chi connectivity index (χ2n) is 1.67. The van der Waals surface area contributed by atoms with E-state index in [1.165, 1.54) is 0 Å².